The van der Waals surface area contributed by atoms with Crippen LogP contribution < -0.4 is 14.8 Å². The molecular formula is C22H27NO2. The van der Waals surface area contributed by atoms with Gasteiger partial charge in [0.2, 0.25) is 0 Å². The number of anilines is 1. The second-order valence-electron chi connectivity index (χ2n) is 7.73. The average Bonchev–Trinajstić information content (AvgIpc) is 2.61. The first-order valence-corrected chi connectivity index (χ1v) is 9.26. The predicted octanol–water partition coefficient (Wildman–Crippen LogP) is 5.10. The topological polar surface area (TPSA) is 30.5 Å². The highest BCUT2D eigenvalue weighted by atomic mass is 16.5. The lowest BCUT2D eigenvalue weighted by Crippen LogP contribution is -2.46. The van der Waals surface area contributed by atoms with Gasteiger partial charge in [0.05, 0.1) is 25.3 Å². The maximum absolute atomic E-state index is 6.20. The smallest absolute Gasteiger partial charge is 0.131 e. The molecule has 2 aromatic carbocycles. The fourth-order valence-corrected chi connectivity index (χ4v) is 4.57. The van der Waals surface area contributed by atoms with Gasteiger partial charge in [-0.05, 0) is 29.7 Å². The molecule has 1 N–H and O–H groups in total. The Morgan fingerprint density at radius 1 is 1.20 bits per heavy atom. The Balaban J connectivity index is 1.88. The number of fused-ring (bicyclic) bond motifs is 4. The molecule has 0 saturated carbocycles. The zero-order valence-corrected chi connectivity index (χ0v) is 15.6. The van der Waals surface area contributed by atoms with E-state index in [0.717, 1.165) is 30.9 Å². The largest absolute Gasteiger partial charge is 0.496 e. The quantitative estimate of drug-likeness (QED) is 0.845. The lowest BCUT2D eigenvalue weighted by atomic mass is 9.65. The zero-order valence-electron chi connectivity index (χ0n) is 15.6. The molecule has 2 aromatic rings. The molecule has 0 fully saturated rings. The van der Waals surface area contributed by atoms with Gasteiger partial charge in [-0.15, -0.1) is 0 Å². The van der Waals surface area contributed by atoms with Crippen LogP contribution in [-0.4, -0.2) is 13.7 Å². The first kappa shape index (κ1) is 16.3. The molecule has 2 heterocycles. The van der Waals surface area contributed by atoms with E-state index in [-0.39, 0.29) is 11.5 Å². The predicted molar refractivity (Wildman–Crippen MR) is 102 cm³/mol. The fourth-order valence-electron chi connectivity index (χ4n) is 4.57. The van der Waals surface area contributed by atoms with E-state index in [4.69, 9.17) is 9.47 Å². The maximum atomic E-state index is 6.20. The number of nitrogens with one attached hydrogen (secondary N) is 1. The van der Waals surface area contributed by atoms with Gasteiger partial charge in [0, 0.05) is 17.0 Å². The highest BCUT2D eigenvalue weighted by Gasteiger charge is 2.47. The Hall–Kier alpha value is -2.16. The minimum absolute atomic E-state index is 0.0377. The van der Waals surface area contributed by atoms with Gasteiger partial charge in [0.15, 0.2) is 0 Å². The number of aryl methyl sites for hydroxylation is 1. The summed E-state index contributed by atoms with van der Waals surface area (Å²) in [5.41, 5.74) is 5.09. The Labute approximate surface area is 150 Å². The van der Waals surface area contributed by atoms with Crippen molar-refractivity contribution in [1.29, 1.82) is 0 Å². The number of hydrogen-bond donors (Lipinski definition) is 1. The van der Waals surface area contributed by atoms with Crippen molar-refractivity contribution in [3.05, 3.63) is 53.1 Å². The number of para-hydroxylation sites is 1. The van der Waals surface area contributed by atoms with Crippen LogP contribution in [0.5, 0.6) is 11.5 Å². The number of hydrogen-bond acceptors (Lipinski definition) is 3. The van der Waals surface area contributed by atoms with Gasteiger partial charge >= 0.3 is 0 Å². The minimum atomic E-state index is 0.0377. The van der Waals surface area contributed by atoms with E-state index in [2.05, 4.69) is 62.5 Å². The highest BCUT2D eigenvalue weighted by molar-refractivity contribution is 5.63. The first-order valence-electron chi connectivity index (χ1n) is 9.26. The Bertz CT molecular complexity index is 797. The summed E-state index contributed by atoms with van der Waals surface area (Å²) in [6.07, 6.45) is 2.12. The van der Waals surface area contributed by atoms with Crippen molar-refractivity contribution in [3.8, 4) is 11.5 Å². The van der Waals surface area contributed by atoms with E-state index >= 15 is 0 Å². The van der Waals surface area contributed by atoms with Gasteiger partial charge in [-0.1, -0.05) is 51.5 Å². The van der Waals surface area contributed by atoms with Crippen molar-refractivity contribution in [2.24, 2.45) is 5.92 Å². The molecule has 0 amide bonds. The number of rotatable bonds is 3. The summed E-state index contributed by atoms with van der Waals surface area (Å²) < 4.78 is 12.1. The molecule has 2 aliphatic rings. The van der Waals surface area contributed by atoms with Crippen LogP contribution in [-0.2, 0) is 11.8 Å². The summed E-state index contributed by atoms with van der Waals surface area (Å²) in [4.78, 5) is 0. The Morgan fingerprint density at radius 2 is 2.00 bits per heavy atom. The lowest BCUT2D eigenvalue weighted by Gasteiger charge is -2.48. The van der Waals surface area contributed by atoms with Crippen molar-refractivity contribution in [1.82, 2.24) is 0 Å². The van der Waals surface area contributed by atoms with Gasteiger partial charge in [0.25, 0.3) is 0 Å². The highest BCUT2D eigenvalue weighted by Crippen LogP contribution is 2.54. The van der Waals surface area contributed by atoms with E-state index in [1.165, 1.54) is 22.4 Å². The fraction of sp³-hybridized carbons (Fsp3) is 0.455. The van der Waals surface area contributed by atoms with E-state index in [0.29, 0.717) is 5.92 Å². The van der Waals surface area contributed by atoms with Gasteiger partial charge in [-0.2, -0.15) is 0 Å². The van der Waals surface area contributed by atoms with Crippen molar-refractivity contribution in [2.45, 2.75) is 45.1 Å². The Morgan fingerprint density at radius 3 is 2.76 bits per heavy atom. The molecule has 132 valence electrons. The van der Waals surface area contributed by atoms with E-state index in [9.17, 15) is 0 Å². The summed E-state index contributed by atoms with van der Waals surface area (Å²) in [6.45, 7) is 7.60. The minimum Gasteiger partial charge on any atom is -0.496 e. The molecule has 0 aliphatic carbocycles. The maximum Gasteiger partial charge on any atom is 0.131 e. The summed E-state index contributed by atoms with van der Waals surface area (Å²) in [7, 11) is 1.78. The lowest BCUT2D eigenvalue weighted by molar-refractivity contribution is 0.133. The van der Waals surface area contributed by atoms with Crippen LogP contribution in [0.1, 0.15) is 49.9 Å². The second-order valence-corrected chi connectivity index (χ2v) is 7.73. The summed E-state index contributed by atoms with van der Waals surface area (Å²) >= 11 is 0. The molecule has 0 bridgehead atoms. The van der Waals surface area contributed by atoms with Crippen LogP contribution in [0, 0.1) is 5.92 Å². The zero-order chi connectivity index (χ0) is 17.6. The third kappa shape index (κ3) is 2.40. The van der Waals surface area contributed by atoms with Crippen LogP contribution >= 0.6 is 0 Å². The standard InChI is InChI=1S/C22H27NO2/c1-5-8-14-11-12-18-19(21(14)24-4)20-16(13-25-18)22(2,3)15-9-6-7-10-17(15)23-20/h6-7,9-12,16,20,23H,5,8,13H2,1-4H3. The Kier molecular flexibility index (Phi) is 3.90. The van der Waals surface area contributed by atoms with Crippen LogP contribution in [0.4, 0.5) is 5.69 Å². The summed E-state index contributed by atoms with van der Waals surface area (Å²) in [5.74, 6) is 2.32. The third-order valence-corrected chi connectivity index (χ3v) is 5.95. The van der Waals surface area contributed by atoms with Gasteiger partial charge in [-0.3, -0.25) is 0 Å². The molecule has 0 spiro atoms. The third-order valence-electron chi connectivity index (χ3n) is 5.95. The number of methoxy groups -OCH3 is 1. The summed E-state index contributed by atoms with van der Waals surface area (Å²) in [5, 5.41) is 3.79. The molecule has 2 atom stereocenters. The normalized spacial score (nSPS) is 22.7. The van der Waals surface area contributed by atoms with Crippen LogP contribution in [0.25, 0.3) is 0 Å². The molecule has 0 aromatic heterocycles. The number of benzene rings is 2. The van der Waals surface area contributed by atoms with Crippen molar-refractivity contribution >= 4 is 5.69 Å². The van der Waals surface area contributed by atoms with Crippen LogP contribution in [0.3, 0.4) is 0 Å². The van der Waals surface area contributed by atoms with Gasteiger partial charge in [-0.25, -0.2) is 0 Å². The molecule has 3 nitrogen and oxygen atoms in total. The van der Waals surface area contributed by atoms with E-state index < -0.39 is 0 Å². The van der Waals surface area contributed by atoms with Crippen LogP contribution in [0.15, 0.2) is 36.4 Å². The van der Waals surface area contributed by atoms with Gasteiger partial charge < -0.3 is 14.8 Å². The molecule has 2 aliphatic heterocycles. The van der Waals surface area contributed by atoms with Crippen molar-refractivity contribution < 1.29 is 9.47 Å². The molecule has 4 rings (SSSR count). The van der Waals surface area contributed by atoms with Crippen molar-refractivity contribution in [2.75, 3.05) is 19.0 Å². The second kappa shape index (κ2) is 5.98. The van der Waals surface area contributed by atoms with Crippen LogP contribution in [0.2, 0.25) is 0 Å². The molecule has 25 heavy (non-hydrogen) atoms. The first-order chi connectivity index (χ1) is 12.1. The average molecular weight is 337 g/mol. The molecular weight excluding hydrogens is 310 g/mol. The summed E-state index contributed by atoms with van der Waals surface area (Å²) in [6, 6.07) is 13.1. The molecule has 0 radical (unpaired) electrons. The van der Waals surface area contributed by atoms with Crippen molar-refractivity contribution in [3.63, 3.8) is 0 Å². The monoisotopic (exact) mass is 337 g/mol. The van der Waals surface area contributed by atoms with Gasteiger partial charge in [0.1, 0.15) is 11.5 Å². The molecule has 0 saturated heterocycles. The SMILES string of the molecule is CCCc1ccc2c(c1OC)C1Nc3ccccc3C(C)(C)C1CO2. The van der Waals surface area contributed by atoms with E-state index in [1.807, 2.05) is 0 Å². The molecule has 3 heteroatoms. The van der Waals surface area contributed by atoms with E-state index in [1.54, 1.807) is 7.11 Å². The number of ether oxygens (including phenoxy) is 2. The molecule has 2 unspecified atom stereocenters.